The van der Waals surface area contributed by atoms with Gasteiger partial charge in [-0.25, -0.2) is 0 Å². The van der Waals surface area contributed by atoms with Crippen LogP contribution >= 0.6 is 12.4 Å². The molecule has 2 aromatic carbocycles. The summed E-state index contributed by atoms with van der Waals surface area (Å²) in [6.07, 6.45) is 2.29. The molecule has 25 heavy (non-hydrogen) atoms. The lowest BCUT2D eigenvalue weighted by Crippen LogP contribution is -2.41. The number of benzene rings is 2. The highest BCUT2D eigenvalue weighted by Crippen LogP contribution is 2.39. The molecule has 4 rings (SSSR count). The summed E-state index contributed by atoms with van der Waals surface area (Å²) in [5, 5.41) is 7.08. The lowest BCUT2D eigenvalue weighted by Gasteiger charge is -2.34. The molecule has 130 valence electrons. The molecule has 2 atom stereocenters. The Morgan fingerprint density at radius 3 is 2.28 bits per heavy atom. The van der Waals surface area contributed by atoms with Crippen LogP contribution in [0, 0.1) is 5.92 Å². The van der Waals surface area contributed by atoms with Crippen molar-refractivity contribution in [2.24, 2.45) is 11.0 Å². The standard InChI is InChI=1S/C21H23N3.ClH/c1-23-14-18(13-16-9-5-3-6-10-16)20-19(15-23)21(24(2)22-20)17-11-7-4-8-12-17;/h3-13,19,21H,14-15H2,1-2H3;1H/b18-13+;. The van der Waals surface area contributed by atoms with Gasteiger partial charge in [0.05, 0.1) is 11.8 Å². The average molecular weight is 354 g/mol. The van der Waals surface area contributed by atoms with E-state index in [1.807, 2.05) is 0 Å². The molecule has 0 aliphatic carbocycles. The summed E-state index contributed by atoms with van der Waals surface area (Å²) < 4.78 is 0. The Balaban J connectivity index is 0.00000182. The molecule has 1 saturated heterocycles. The number of nitrogens with zero attached hydrogens (tertiary/aromatic N) is 3. The fraction of sp³-hybridized carbons (Fsp3) is 0.286. The molecule has 2 aliphatic rings. The van der Waals surface area contributed by atoms with Crippen molar-refractivity contribution in [2.75, 3.05) is 27.2 Å². The van der Waals surface area contributed by atoms with Gasteiger partial charge in [0.2, 0.25) is 0 Å². The van der Waals surface area contributed by atoms with E-state index in [9.17, 15) is 0 Å². The molecule has 0 bridgehead atoms. The molecule has 4 heteroatoms. The zero-order valence-electron chi connectivity index (χ0n) is 14.7. The zero-order chi connectivity index (χ0) is 16.5. The van der Waals surface area contributed by atoms with Crippen molar-refractivity contribution >= 4 is 24.2 Å². The van der Waals surface area contributed by atoms with E-state index < -0.39 is 0 Å². The predicted molar refractivity (Wildman–Crippen MR) is 107 cm³/mol. The zero-order valence-corrected chi connectivity index (χ0v) is 15.5. The van der Waals surface area contributed by atoms with Crippen molar-refractivity contribution in [3.05, 3.63) is 77.4 Å². The molecule has 1 fully saturated rings. The first kappa shape index (κ1) is 17.7. The maximum atomic E-state index is 4.94. The molecule has 0 spiro atoms. The van der Waals surface area contributed by atoms with E-state index in [1.54, 1.807) is 0 Å². The van der Waals surface area contributed by atoms with E-state index in [4.69, 9.17) is 5.10 Å². The van der Waals surface area contributed by atoms with Gasteiger partial charge in [-0.15, -0.1) is 12.4 Å². The lowest BCUT2D eigenvalue weighted by molar-refractivity contribution is 0.211. The van der Waals surface area contributed by atoms with Gasteiger partial charge in [0.25, 0.3) is 0 Å². The Morgan fingerprint density at radius 1 is 0.960 bits per heavy atom. The minimum absolute atomic E-state index is 0. The molecular formula is C21H24ClN3. The number of hydrogen-bond donors (Lipinski definition) is 0. The first-order chi connectivity index (χ1) is 11.7. The van der Waals surface area contributed by atoms with Crippen molar-refractivity contribution in [1.29, 1.82) is 0 Å². The van der Waals surface area contributed by atoms with Crippen molar-refractivity contribution in [3.63, 3.8) is 0 Å². The highest BCUT2D eigenvalue weighted by atomic mass is 35.5. The maximum Gasteiger partial charge on any atom is 0.0813 e. The van der Waals surface area contributed by atoms with E-state index in [0.29, 0.717) is 12.0 Å². The smallest absolute Gasteiger partial charge is 0.0813 e. The van der Waals surface area contributed by atoms with Crippen LogP contribution in [0.3, 0.4) is 0 Å². The molecule has 2 aliphatic heterocycles. The Kier molecular flexibility index (Phi) is 5.26. The number of likely N-dealkylation sites (N-methyl/N-ethyl adjacent to an activating group) is 1. The first-order valence-electron chi connectivity index (χ1n) is 8.53. The van der Waals surface area contributed by atoms with E-state index in [-0.39, 0.29) is 12.4 Å². The Labute approximate surface area is 156 Å². The van der Waals surface area contributed by atoms with Crippen molar-refractivity contribution in [1.82, 2.24) is 9.91 Å². The fourth-order valence-corrected chi connectivity index (χ4v) is 3.95. The molecule has 0 amide bonds. The van der Waals surface area contributed by atoms with Crippen LogP contribution in [0.4, 0.5) is 0 Å². The highest BCUT2D eigenvalue weighted by Gasteiger charge is 2.41. The molecule has 2 aromatic rings. The number of likely N-dealkylation sites (tertiary alicyclic amines) is 1. The van der Waals surface area contributed by atoms with Crippen LogP contribution in [-0.2, 0) is 0 Å². The maximum absolute atomic E-state index is 4.94. The molecule has 0 radical (unpaired) electrons. The second-order valence-electron chi connectivity index (χ2n) is 6.80. The van der Waals surface area contributed by atoms with E-state index in [1.165, 1.54) is 22.4 Å². The summed E-state index contributed by atoms with van der Waals surface area (Å²) in [6.45, 7) is 2.01. The number of halogens is 1. The molecular weight excluding hydrogens is 330 g/mol. The molecule has 0 saturated carbocycles. The normalized spacial score (nSPS) is 24.6. The molecule has 2 heterocycles. The third-order valence-corrected chi connectivity index (χ3v) is 4.96. The molecule has 2 unspecified atom stereocenters. The molecule has 0 N–H and O–H groups in total. The Hall–Kier alpha value is -2.10. The van der Waals surface area contributed by atoms with Crippen LogP contribution in [0.2, 0.25) is 0 Å². The third kappa shape index (κ3) is 3.48. The molecule has 0 aromatic heterocycles. The number of rotatable bonds is 2. The summed E-state index contributed by atoms with van der Waals surface area (Å²) in [5.74, 6) is 0.422. The van der Waals surface area contributed by atoms with Crippen LogP contribution < -0.4 is 0 Å². The van der Waals surface area contributed by atoms with Crippen LogP contribution in [-0.4, -0.2) is 42.8 Å². The number of hydrogen-bond acceptors (Lipinski definition) is 3. The van der Waals surface area contributed by atoms with Gasteiger partial charge in [0, 0.05) is 26.1 Å². The van der Waals surface area contributed by atoms with Gasteiger partial charge in [-0.2, -0.15) is 5.10 Å². The predicted octanol–water partition coefficient (Wildman–Crippen LogP) is 4.10. The van der Waals surface area contributed by atoms with E-state index >= 15 is 0 Å². The van der Waals surface area contributed by atoms with Crippen LogP contribution in [0.1, 0.15) is 17.2 Å². The van der Waals surface area contributed by atoms with Crippen LogP contribution in [0.15, 0.2) is 71.3 Å². The van der Waals surface area contributed by atoms with E-state index in [0.717, 1.165) is 13.1 Å². The largest absolute Gasteiger partial charge is 0.301 e. The quantitative estimate of drug-likeness (QED) is 0.809. The summed E-state index contributed by atoms with van der Waals surface area (Å²) >= 11 is 0. The van der Waals surface area contributed by atoms with Gasteiger partial charge < -0.3 is 4.90 Å². The summed E-state index contributed by atoms with van der Waals surface area (Å²) in [6, 6.07) is 21.6. The Morgan fingerprint density at radius 2 is 1.60 bits per heavy atom. The minimum Gasteiger partial charge on any atom is -0.301 e. The van der Waals surface area contributed by atoms with Gasteiger partial charge in [0.15, 0.2) is 0 Å². The summed E-state index contributed by atoms with van der Waals surface area (Å²) in [7, 11) is 4.30. The molecule has 3 nitrogen and oxygen atoms in total. The lowest BCUT2D eigenvalue weighted by atomic mass is 9.83. The topological polar surface area (TPSA) is 18.8 Å². The minimum atomic E-state index is 0. The monoisotopic (exact) mass is 353 g/mol. The Bertz CT molecular complexity index is 770. The third-order valence-electron chi connectivity index (χ3n) is 4.96. The van der Waals surface area contributed by atoms with Crippen molar-refractivity contribution in [3.8, 4) is 0 Å². The average Bonchev–Trinajstić information content (AvgIpc) is 2.93. The second kappa shape index (κ2) is 7.42. The van der Waals surface area contributed by atoms with Gasteiger partial charge in [-0.3, -0.25) is 5.01 Å². The van der Waals surface area contributed by atoms with Gasteiger partial charge in [-0.1, -0.05) is 60.7 Å². The van der Waals surface area contributed by atoms with Crippen LogP contribution in [0.25, 0.3) is 6.08 Å². The van der Waals surface area contributed by atoms with Gasteiger partial charge in [0.1, 0.15) is 0 Å². The summed E-state index contributed by atoms with van der Waals surface area (Å²) in [5.41, 5.74) is 5.19. The van der Waals surface area contributed by atoms with Crippen molar-refractivity contribution < 1.29 is 0 Å². The fourth-order valence-electron chi connectivity index (χ4n) is 3.95. The SMILES string of the molecule is CN1C/C(=C\c2ccccc2)C2=NN(C)C(c3ccccc3)C2C1.Cl. The number of piperidine rings is 1. The highest BCUT2D eigenvalue weighted by molar-refractivity contribution is 6.07. The van der Waals surface area contributed by atoms with E-state index in [2.05, 4.69) is 90.7 Å². The first-order valence-corrected chi connectivity index (χ1v) is 8.53. The van der Waals surface area contributed by atoms with Crippen LogP contribution in [0.5, 0.6) is 0 Å². The number of fused-ring (bicyclic) bond motifs is 1. The van der Waals surface area contributed by atoms with Crippen molar-refractivity contribution in [2.45, 2.75) is 6.04 Å². The van der Waals surface area contributed by atoms with Gasteiger partial charge in [-0.05, 0) is 29.8 Å². The summed E-state index contributed by atoms with van der Waals surface area (Å²) in [4.78, 5) is 2.41. The van der Waals surface area contributed by atoms with Gasteiger partial charge >= 0.3 is 0 Å². The second-order valence-corrected chi connectivity index (χ2v) is 6.80. The number of hydrazone groups is 1.